The van der Waals surface area contributed by atoms with Crippen molar-refractivity contribution in [2.75, 3.05) is 20.2 Å². The second-order valence-corrected chi connectivity index (χ2v) is 4.14. The molecule has 1 radical (unpaired) electrons. The van der Waals surface area contributed by atoms with Crippen LogP contribution in [0.1, 0.15) is 17.3 Å². The van der Waals surface area contributed by atoms with Gasteiger partial charge in [0.05, 0.1) is 13.2 Å². The van der Waals surface area contributed by atoms with Crippen LogP contribution in [0.3, 0.4) is 0 Å². The molecule has 0 spiro atoms. The summed E-state index contributed by atoms with van der Waals surface area (Å²) in [7, 11) is 1.93. The molecule has 0 amide bonds. The lowest BCUT2D eigenvalue weighted by Gasteiger charge is -2.16. The quantitative estimate of drug-likeness (QED) is 0.744. The second-order valence-electron chi connectivity index (χ2n) is 4.14. The van der Waals surface area contributed by atoms with E-state index in [0.717, 1.165) is 5.75 Å². The normalized spacial score (nSPS) is 14.1. The fourth-order valence-corrected chi connectivity index (χ4v) is 1.78. The van der Waals surface area contributed by atoms with E-state index in [9.17, 15) is 4.79 Å². The average molecular weight is 245 g/mol. The molecule has 0 atom stereocenters. The van der Waals surface area contributed by atoms with Crippen molar-refractivity contribution in [2.45, 2.75) is 6.92 Å². The summed E-state index contributed by atoms with van der Waals surface area (Å²) < 4.78 is 5.39. The lowest BCUT2D eigenvalue weighted by Crippen LogP contribution is -2.23. The summed E-state index contributed by atoms with van der Waals surface area (Å²) in [5, 5.41) is 0. The second kappa shape index (κ2) is 5.58. The molecule has 0 saturated carbocycles. The van der Waals surface area contributed by atoms with Gasteiger partial charge in [-0.1, -0.05) is 12.1 Å². The number of nitrogens with zero attached hydrogens (tertiary/aromatic N) is 2. The van der Waals surface area contributed by atoms with E-state index in [2.05, 4.69) is 0 Å². The first kappa shape index (κ1) is 12.5. The molecule has 95 valence electrons. The lowest BCUT2D eigenvalue weighted by molar-refractivity contribution is 0.0961. The third-order valence-electron chi connectivity index (χ3n) is 2.62. The Morgan fingerprint density at radius 3 is 2.83 bits per heavy atom. The number of carbonyl (C=O) groups excluding carboxylic acids is 1. The van der Waals surface area contributed by atoms with Crippen molar-refractivity contribution in [1.29, 1.82) is 0 Å². The zero-order chi connectivity index (χ0) is 13.0. The van der Waals surface area contributed by atoms with Gasteiger partial charge >= 0.3 is 0 Å². The Balaban J connectivity index is 2.00. The minimum atomic E-state index is 0.0766. The summed E-state index contributed by atoms with van der Waals surface area (Å²) in [6.45, 7) is 4.75. The van der Waals surface area contributed by atoms with Gasteiger partial charge in [0.2, 0.25) is 0 Å². The van der Waals surface area contributed by atoms with Gasteiger partial charge in [0, 0.05) is 25.0 Å². The van der Waals surface area contributed by atoms with Crippen LogP contribution >= 0.6 is 0 Å². The van der Waals surface area contributed by atoms with Crippen LogP contribution in [0.5, 0.6) is 5.75 Å². The van der Waals surface area contributed by atoms with Crippen LogP contribution in [0, 0.1) is 6.67 Å². The highest BCUT2D eigenvalue weighted by Gasteiger charge is 2.15. The molecule has 0 aromatic heterocycles. The van der Waals surface area contributed by atoms with Crippen molar-refractivity contribution >= 4 is 5.78 Å². The van der Waals surface area contributed by atoms with Crippen molar-refractivity contribution in [3.05, 3.63) is 48.9 Å². The number of benzene rings is 1. The summed E-state index contributed by atoms with van der Waals surface area (Å²) in [5.74, 6) is 0.814. The van der Waals surface area contributed by atoms with E-state index in [4.69, 9.17) is 4.74 Å². The number of hydrogen-bond acceptors (Lipinski definition) is 4. The highest BCUT2D eigenvalue weighted by molar-refractivity contribution is 5.98. The maximum atomic E-state index is 12.1. The number of Topliss-reactive ketones (excluding diaryl/α,β-unsaturated/α-hetero) is 1. The van der Waals surface area contributed by atoms with Gasteiger partial charge in [-0.15, -0.1) is 0 Å². The van der Waals surface area contributed by atoms with Crippen molar-refractivity contribution in [3.63, 3.8) is 0 Å². The Morgan fingerprint density at radius 1 is 1.33 bits per heavy atom. The number of rotatable bonds is 5. The highest BCUT2D eigenvalue weighted by atomic mass is 16.5. The molecule has 4 heteroatoms. The van der Waals surface area contributed by atoms with Crippen LogP contribution in [0.2, 0.25) is 0 Å². The molecule has 0 bridgehead atoms. The lowest BCUT2D eigenvalue weighted by atomic mass is 10.1. The molecule has 1 aromatic rings. The molecule has 0 fully saturated rings. The standard InChI is InChI=1S/C14H17N2O2/c1-3-18-13-6-4-5-12(9-13)14(17)10-16-8-7-15(2)11-16/h4-9,11H,3,10H2,1-2H3. The van der Waals surface area contributed by atoms with Crippen molar-refractivity contribution < 1.29 is 9.53 Å². The first-order valence-corrected chi connectivity index (χ1v) is 5.96. The summed E-state index contributed by atoms with van der Waals surface area (Å²) in [6.07, 6.45) is 3.79. The fraction of sp³-hybridized carbons (Fsp3) is 0.286. The predicted molar refractivity (Wildman–Crippen MR) is 69.9 cm³/mol. The maximum absolute atomic E-state index is 12.1. The Hall–Kier alpha value is -1.97. The molecule has 1 heterocycles. The molecule has 0 unspecified atom stereocenters. The zero-order valence-electron chi connectivity index (χ0n) is 10.7. The summed E-state index contributed by atoms with van der Waals surface area (Å²) >= 11 is 0. The van der Waals surface area contributed by atoms with Crippen LogP contribution in [0.4, 0.5) is 0 Å². The smallest absolute Gasteiger partial charge is 0.182 e. The van der Waals surface area contributed by atoms with Crippen molar-refractivity contribution in [2.24, 2.45) is 0 Å². The molecule has 1 aliphatic rings. The van der Waals surface area contributed by atoms with Gasteiger partial charge in [0.25, 0.3) is 0 Å². The van der Waals surface area contributed by atoms with E-state index in [1.54, 1.807) is 6.07 Å². The van der Waals surface area contributed by atoms with Gasteiger partial charge in [-0.3, -0.25) is 4.79 Å². The molecular formula is C14H17N2O2. The number of ketones is 1. The largest absolute Gasteiger partial charge is 0.494 e. The number of carbonyl (C=O) groups is 1. The van der Waals surface area contributed by atoms with Gasteiger partial charge in [0.15, 0.2) is 5.78 Å². The van der Waals surface area contributed by atoms with Gasteiger partial charge in [-0.2, -0.15) is 0 Å². The predicted octanol–water partition coefficient (Wildman–Crippen LogP) is 2.11. The van der Waals surface area contributed by atoms with E-state index < -0.39 is 0 Å². The molecule has 4 nitrogen and oxygen atoms in total. The van der Waals surface area contributed by atoms with Gasteiger partial charge in [-0.25, -0.2) is 0 Å². The molecule has 1 aromatic carbocycles. The van der Waals surface area contributed by atoms with Crippen LogP contribution in [0.25, 0.3) is 0 Å². The van der Waals surface area contributed by atoms with E-state index in [0.29, 0.717) is 18.7 Å². The summed E-state index contributed by atoms with van der Waals surface area (Å²) in [6, 6.07) is 7.30. The number of ether oxygens (including phenoxy) is 1. The van der Waals surface area contributed by atoms with E-state index >= 15 is 0 Å². The zero-order valence-corrected chi connectivity index (χ0v) is 10.7. The fourth-order valence-electron chi connectivity index (χ4n) is 1.78. The Morgan fingerprint density at radius 2 is 2.17 bits per heavy atom. The molecule has 2 rings (SSSR count). The third-order valence-corrected chi connectivity index (χ3v) is 2.62. The van der Waals surface area contributed by atoms with Gasteiger partial charge < -0.3 is 14.5 Å². The first-order valence-electron chi connectivity index (χ1n) is 5.96. The summed E-state index contributed by atoms with van der Waals surface area (Å²) in [4.78, 5) is 15.9. The van der Waals surface area contributed by atoms with Gasteiger partial charge in [-0.05, 0) is 19.1 Å². The van der Waals surface area contributed by atoms with Crippen molar-refractivity contribution in [1.82, 2.24) is 9.80 Å². The monoisotopic (exact) mass is 245 g/mol. The van der Waals surface area contributed by atoms with Crippen LogP contribution in [0.15, 0.2) is 36.7 Å². The molecule has 18 heavy (non-hydrogen) atoms. The van der Waals surface area contributed by atoms with E-state index in [1.165, 1.54) is 0 Å². The van der Waals surface area contributed by atoms with E-state index in [1.807, 2.05) is 61.0 Å². The Bertz CT molecular complexity index is 457. The van der Waals surface area contributed by atoms with Crippen LogP contribution in [-0.4, -0.2) is 35.8 Å². The Labute approximate surface area is 107 Å². The minimum absolute atomic E-state index is 0.0766. The third kappa shape index (κ3) is 3.03. The molecule has 1 aliphatic heterocycles. The molecule has 0 N–H and O–H groups in total. The molecule has 0 aliphatic carbocycles. The Kier molecular flexibility index (Phi) is 3.87. The highest BCUT2D eigenvalue weighted by Crippen LogP contribution is 2.15. The van der Waals surface area contributed by atoms with Gasteiger partial charge in [0.1, 0.15) is 12.4 Å². The average Bonchev–Trinajstić information content (AvgIpc) is 2.75. The van der Waals surface area contributed by atoms with E-state index in [-0.39, 0.29) is 5.78 Å². The summed E-state index contributed by atoms with van der Waals surface area (Å²) in [5.41, 5.74) is 0.678. The SMILES string of the molecule is CCOc1cccc(C(=O)CN2[CH]N(C)C=C2)c1. The van der Waals surface area contributed by atoms with Crippen LogP contribution in [-0.2, 0) is 0 Å². The number of hydrogen-bond donors (Lipinski definition) is 0. The maximum Gasteiger partial charge on any atom is 0.182 e. The first-order chi connectivity index (χ1) is 8.69. The minimum Gasteiger partial charge on any atom is -0.494 e. The van der Waals surface area contributed by atoms with Crippen molar-refractivity contribution in [3.8, 4) is 5.75 Å². The topological polar surface area (TPSA) is 32.8 Å². The molecule has 0 saturated heterocycles. The van der Waals surface area contributed by atoms with Crippen LogP contribution < -0.4 is 4.74 Å². The molecular weight excluding hydrogens is 228 g/mol.